The number of hydrogen-bond acceptors (Lipinski definition) is 5. The van der Waals surface area contributed by atoms with Crippen molar-refractivity contribution in [2.45, 2.75) is 52.6 Å². The van der Waals surface area contributed by atoms with Gasteiger partial charge in [-0.15, -0.1) is 5.01 Å². The van der Waals surface area contributed by atoms with Gasteiger partial charge >= 0.3 is 6.09 Å². The van der Waals surface area contributed by atoms with Crippen LogP contribution in [0, 0.1) is 5.92 Å². The number of carbonyl (C=O) groups is 2. The number of carbonyl (C=O) groups excluding carboxylic acids is 2. The van der Waals surface area contributed by atoms with E-state index in [0.29, 0.717) is 15.5 Å². The number of alkyl halides is 2. The maximum atomic E-state index is 14.4. The minimum absolute atomic E-state index is 0.0720. The molecule has 2 aromatic rings. The maximum absolute atomic E-state index is 14.4. The van der Waals surface area contributed by atoms with E-state index in [9.17, 15) is 18.4 Å². The number of imide groups is 1. The average molecular weight is 427 g/mol. The van der Waals surface area contributed by atoms with Gasteiger partial charge in [-0.05, 0) is 32.9 Å². The van der Waals surface area contributed by atoms with Gasteiger partial charge < -0.3 is 4.74 Å². The Balaban J connectivity index is 2.20. The molecule has 2 aromatic heterocycles. The molecule has 0 aliphatic carbocycles. The lowest BCUT2D eigenvalue weighted by atomic mass is 9.91. The second kappa shape index (κ2) is 7.05. The van der Waals surface area contributed by atoms with Crippen LogP contribution in [0.25, 0.3) is 5.52 Å². The summed E-state index contributed by atoms with van der Waals surface area (Å²) in [5.74, 6) is -4.36. The predicted octanol–water partition coefficient (Wildman–Crippen LogP) is 4.61. The van der Waals surface area contributed by atoms with Gasteiger partial charge in [-0.3, -0.25) is 4.79 Å². The molecule has 0 bridgehead atoms. The Labute approximate surface area is 171 Å². The Bertz CT molecular complexity index is 1020. The van der Waals surface area contributed by atoms with Gasteiger partial charge in [0, 0.05) is 25.5 Å². The monoisotopic (exact) mass is 426 g/mol. The third kappa shape index (κ3) is 4.24. The second-order valence-corrected chi connectivity index (χ2v) is 8.50. The third-order valence-corrected chi connectivity index (χ3v) is 4.45. The van der Waals surface area contributed by atoms with Crippen LogP contribution in [0.4, 0.5) is 13.6 Å². The number of rotatable bonds is 2. The van der Waals surface area contributed by atoms with Crippen LogP contribution in [0.1, 0.15) is 52.3 Å². The number of amides is 2. The topological polar surface area (TPSA) is 76.3 Å². The van der Waals surface area contributed by atoms with E-state index < -0.39 is 35.1 Å². The predicted molar refractivity (Wildman–Crippen MR) is 103 cm³/mol. The summed E-state index contributed by atoms with van der Waals surface area (Å²) in [6, 6.07) is 3.09. The molecule has 1 aliphatic rings. The van der Waals surface area contributed by atoms with Gasteiger partial charge in [-0.25, -0.2) is 9.31 Å². The molecule has 10 heteroatoms. The van der Waals surface area contributed by atoms with Crippen molar-refractivity contribution in [1.29, 1.82) is 0 Å². The SMILES string of the molecule is CC1CC(=O)N(C(=O)OC(C)(C)C)N=C1c1c(C(C)(F)F)nn2cc(Cl)ccc12. The van der Waals surface area contributed by atoms with Gasteiger partial charge in [0.25, 0.3) is 11.8 Å². The molecule has 3 heterocycles. The highest BCUT2D eigenvalue weighted by molar-refractivity contribution is 6.30. The highest BCUT2D eigenvalue weighted by Crippen LogP contribution is 2.35. The van der Waals surface area contributed by atoms with Gasteiger partial charge in [0.2, 0.25) is 0 Å². The van der Waals surface area contributed by atoms with Crippen molar-refractivity contribution in [1.82, 2.24) is 14.6 Å². The number of hydrazone groups is 1. The number of pyridine rings is 1. The molecule has 0 saturated heterocycles. The zero-order valence-electron chi connectivity index (χ0n) is 16.7. The number of halogens is 3. The van der Waals surface area contributed by atoms with Crippen LogP contribution in [-0.4, -0.2) is 37.9 Å². The number of nitrogens with zero attached hydrogens (tertiary/aromatic N) is 4. The molecule has 0 spiro atoms. The molecule has 0 N–H and O–H groups in total. The van der Waals surface area contributed by atoms with Gasteiger partial charge in [0.05, 0.1) is 21.8 Å². The molecule has 1 atom stereocenters. The number of hydrogen-bond donors (Lipinski definition) is 0. The second-order valence-electron chi connectivity index (χ2n) is 8.07. The van der Waals surface area contributed by atoms with E-state index in [0.717, 1.165) is 6.92 Å². The van der Waals surface area contributed by atoms with Crippen molar-refractivity contribution < 1.29 is 23.1 Å². The zero-order chi connectivity index (χ0) is 21.7. The lowest BCUT2D eigenvalue weighted by Crippen LogP contribution is -2.43. The number of aromatic nitrogens is 2. The summed E-state index contributed by atoms with van der Waals surface area (Å²) in [4.78, 5) is 24.8. The Morgan fingerprint density at radius 2 is 1.93 bits per heavy atom. The first kappa shape index (κ1) is 21.2. The Kier molecular flexibility index (Phi) is 5.15. The molecule has 2 amide bonds. The molecule has 1 unspecified atom stereocenters. The summed E-state index contributed by atoms with van der Waals surface area (Å²) in [6.45, 7) is 7.36. The fraction of sp³-hybridized carbons (Fsp3) is 0.474. The van der Waals surface area contributed by atoms with Crippen LogP contribution in [-0.2, 0) is 15.5 Å². The first-order valence-electron chi connectivity index (χ1n) is 8.99. The molecular weight excluding hydrogens is 406 g/mol. The Morgan fingerprint density at radius 1 is 1.28 bits per heavy atom. The lowest BCUT2D eigenvalue weighted by Gasteiger charge is -2.28. The summed E-state index contributed by atoms with van der Waals surface area (Å²) in [5.41, 5.74) is -0.787. The standard InChI is InChI=1S/C19H21ClF2N4O3/c1-10-8-13(27)26(17(28)29-18(2,3)4)23-15(10)14-12-7-6-11(20)9-25(12)24-16(14)19(5,21)22/h6-7,9-10H,8H2,1-5H3. The summed E-state index contributed by atoms with van der Waals surface area (Å²) in [7, 11) is 0. The fourth-order valence-electron chi connectivity index (χ4n) is 3.04. The van der Waals surface area contributed by atoms with E-state index in [2.05, 4.69) is 10.2 Å². The van der Waals surface area contributed by atoms with E-state index >= 15 is 0 Å². The summed E-state index contributed by atoms with van der Waals surface area (Å²) < 4.78 is 35.2. The normalized spacial score (nSPS) is 18.2. The smallest absolute Gasteiger partial charge is 0.438 e. The van der Waals surface area contributed by atoms with Crippen LogP contribution in [0.3, 0.4) is 0 Å². The number of fused-ring (bicyclic) bond motifs is 1. The highest BCUT2D eigenvalue weighted by atomic mass is 35.5. The van der Waals surface area contributed by atoms with Crippen molar-refractivity contribution in [3.63, 3.8) is 0 Å². The summed E-state index contributed by atoms with van der Waals surface area (Å²) in [5, 5.41) is 9.02. The molecule has 7 nitrogen and oxygen atoms in total. The Hall–Kier alpha value is -2.55. The minimum atomic E-state index is -3.28. The van der Waals surface area contributed by atoms with Crippen LogP contribution >= 0.6 is 11.6 Å². The lowest BCUT2D eigenvalue weighted by molar-refractivity contribution is -0.131. The van der Waals surface area contributed by atoms with Crippen LogP contribution < -0.4 is 0 Å². The van der Waals surface area contributed by atoms with Crippen LogP contribution in [0.15, 0.2) is 23.4 Å². The first-order chi connectivity index (χ1) is 13.3. The van der Waals surface area contributed by atoms with Crippen molar-refractivity contribution in [3.8, 4) is 0 Å². The van der Waals surface area contributed by atoms with E-state index in [1.807, 2.05) is 0 Å². The quantitative estimate of drug-likeness (QED) is 0.702. The van der Waals surface area contributed by atoms with Gasteiger partial charge in [0.15, 0.2) is 0 Å². The van der Waals surface area contributed by atoms with Crippen molar-refractivity contribution in [2.24, 2.45) is 11.0 Å². The van der Waals surface area contributed by atoms with Crippen molar-refractivity contribution >= 4 is 34.8 Å². The zero-order valence-corrected chi connectivity index (χ0v) is 17.4. The van der Waals surface area contributed by atoms with E-state index in [4.69, 9.17) is 16.3 Å². The molecule has 29 heavy (non-hydrogen) atoms. The highest BCUT2D eigenvalue weighted by Gasteiger charge is 2.40. The molecule has 1 aliphatic heterocycles. The molecular formula is C19H21ClF2N4O3. The van der Waals surface area contributed by atoms with Gasteiger partial charge in [-0.1, -0.05) is 18.5 Å². The molecule has 3 rings (SSSR count). The first-order valence-corrected chi connectivity index (χ1v) is 9.36. The molecule has 0 fully saturated rings. The number of ether oxygens (including phenoxy) is 1. The van der Waals surface area contributed by atoms with Gasteiger partial charge in [0.1, 0.15) is 11.3 Å². The largest absolute Gasteiger partial charge is 0.442 e. The van der Waals surface area contributed by atoms with Crippen molar-refractivity contribution in [3.05, 3.63) is 34.6 Å². The van der Waals surface area contributed by atoms with Crippen molar-refractivity contribution in [2.75, 3.05) is 0 Å². The average Bonchev–Trinajstić information content (AvgIpc) is 2.91. The molecule has 0 radical (unpaired) electrons. The van der Waals surface area contributed by atoms with E-state index in [-0.39, 0.29) is 17.7 Å². The van der Waals surface area contributed by atoms with E-state index in [1.165, 1.54) is 10.7 Å². The van der Waals surface area contributed by atoms with Crippen LogP contribution in [0.2, 0.25) is 5.02 Å². The Morgan fingerprint density at radius 3 is 2.52 bits per heavy atom. The molecule has 0 saturated carbocycles. The maximum Gasteiger partial charge on any atom is 0.438 e. The minimum Gasteiger partial charge on any atom is -0.442 e. The van der Waals surface area contributed by atoms with Crippen LogP contribution in [0.5, 0.6) is 0 Å². The summed E-state index contributed by atoms with van der Waals surface area (Å²) in [6.07, 6.45) is 0.356. The van der Waals surface area contributed by atoms with E-state index in [1.54, 1.807) is 39.8 Å². The molecule has 156 valence electrons. The molecule has 0 aromatic carbocycles. The fourth-order valence-corrected chi connectivity index (χ4v) is 3.19. The summed E-state index contributed by atoms with van der Waals surface area (Å²) >= 11 is 5.96. The van der Waals surface area contributed by atoms with Gasteiger partial charge in [-0.2, -0.15) is 19.0 Å². The third-order valence-electron chi connectivity index (χ3n) is 4.22.